The number of nitrogens with one attached hydrogen (secondary N) is 2. The van der Waals surface area contributed by atoms with Crippen molar-refractivity contribution < 1.29 is 19.1 Å². The minimum absolute atomic E-state index is 0.202. The van der Waals surface area contributed by atoms with Crippen LogP contribution in [0.1, 0.15) is 36.5 Å². The van der Waals surface area contributed by atoms with Gasteiger partial charge >= 0.3 is 0 Å². The van der Waals surface area contributed by atoms with Crippen molar-refractivity contribution in [1.29, 1.82) is 0 Å². The fourth-order valence-electron chi connectivity index (χ4n) is 2.51. The molecule has 0 atom stereocenters. The van der Waals surface area contributed by atoms with Gasteiger partial charge in [-0.25, -0.2) is 0 Å². The molecular weight excluding hydrogens is 424 g/mol. The van der Waals surface area contributed by atoms with Crippen molar-refractivity contribution in [2.75, 3.05) is 13.2 Å². The molecule has 0 spiro atoms. The number of amides is 2. The molecule has 28 heavy (non-hydrogen) atoms. The van der Waals surface area contributed by atoms with Crippen LogP contribution in [0.25, 0.3) is 0 Å². The molecule has 0 saturated heterocycles. The van der Waals surface area contributed by atoms with Crippen LogP contribution in [-0.4, -0.2) is 25.0 Å². The third kappa shape index (κ3) is 6.88. The first-order chi connectivity index (χ1) is 13.2. The summed E-state index contributed by atoms with van der Waals surface area (Å²) in [4.78, 5) is 23.7. The quantitative estimate of drug-likeness (QED) is 0.631. The molecule has 6 nitrogen and oxygen atoms in total. The van der Waals surface area contributed by atoms with E-state index in [9.17, 15) is 9.59 Å². The minimum Gasteiger partial charge on any atom is -0.484 e. The zero-order valence-electron chi connectivity index (χ0n) is 16.5. The van der Waals surface area contributed by atoms with E-state index in [1.807, 2.05) is 50.2 Å². The SMILES string of the molecule is Cc1cc(C)cc(OCC(=O)NNC(=O)COc2ccc(C(C)C)cc2Br)c1. The number of rotatable bonds is 7. The molecule has 0 aromatic heterocycles. The summed E-state index contributed by atoms with van der Waals surface area (Å²) in [5, 5.41) is 0. The van der Waals surface area contributed by atoms with Crippen LogP contribution >= 0.6 is 15.9 Å². The lowest BCUT2D eigenvalue weighted by atomic mass is 10.0. The van der Waals surface area contributed by atoms with Crippen LogP contribution in [0.2, 0.25) is 0 Å². The third-order valence-corrected chi connectivity index (χ3v) is 4.51. The standard InChI is InChI=1S/C21H25BrN2O4/c1-13(2)16-5-6-19(18(22)10-16)28-12-21(26)24-23-20(25)11-27-17-8-14(3)7-15(4)9-17/h5-10,13H,11-12H2,1-4H3,(H,23,25)(H,24,26). The normalized spacial score (nSPS) is 10.5. The smallest absolute Gasteiger partial charge is 0.276 e. The Hall–Kier alpha value is -2.54. The molecule has 0 heterocycles. The van der Waals surface area contributed by atoms with Crippen molar-refractivity contribution in [2.24, 2.45) is 0 Å². The molecule has 0 fully saturated rings. The van der Waals surface area contributed by atoms with Gasteiger partial charge in [0.1, 0.15) is 11.5 Å². The lowest BCUT2D eigenvalue weighted by Crippen LogP contribution is -2.45. The highest BCUT2D eigenvalue weighted by atomic mass is 79.9. The van der Waals surface area contributed by atoms with E-state index in [0.29, 0.717) is 17.4 Å². The van der Waals surface area contributed by atoms with Crippen molar-refractivity contribution in [1.82, 2.24) is 10.9 Å². The molecule has 2 rings (SSSR count). The maximum Gasteiger partial charge on any atom is 0.276 e. The number of halogens is 1. The molecule has 2 aromatic rings. The summed E-state index contributed by atoms with van der Waals surface area (Å²) in [7, 11) is 0. The van der Waals surface area contributed by atoms with Crippen molar-refractivity contribution >= 4 is 27.7 Å². The number of benzene rings is 2. The minimum atomic E-state index is -0.473. The number of hydrazine groups is 1. The Bertz CT molecular complexity index is 832. The molecule has 0 aliphatic carbocycles. The molecule has 0 saturated carbocycles. The van der Waals surface area contributed by atoms with Gasteiger partial charge in [0.05, 0.1) is 4.47 Å². The highest BCUT2D eigenvalue weighted by molar-refractivity contribution is 9.10. The highest BCUT2D eigenvalue weighted by Crippen LogP contribution is 2.28. The number of hydrogen-bond donors (Lipinski definition) is 2. The summed E-state index contributed by atoms with van der Waals surface area (Å²) >= 11 is 3.44. The Kier molecular flexibility index (Phi) is 7.87. The van der Waals surface area contributed by atoms with Crippen LogP contribution in [0, 0.1) is 13.8 Å². The maximum atomic E-state index is 11.9. The first-order valence-corrected chi connectivity index (χ1v) is 9.75. The first kappa shape index (κ1) is 21.8. The van der Waals surface area contributed by atoms with E-state index >= 15 is 0 Å². The zero-order chi connectivity index (χ0) is 20.7. The lowest BCUT2D eigenvalue weighted by Gasteiger charge is -2.12. The van der Waals surface area contributed by atoms with E-state index in [-0.39, 0.29) is 13.2 Å². The zero-order valence-corrected chi connectivity index (χ0v) is 18.1. The fraction of sp³-hybridized carbons (Fsp3) is 0.333. The number of aryl methyl sites for hydroxylation is 2. The average molecular weight is 449 g/mol. The Morgan fingerprint density at radius 1 is 0.929 bits per heavy atom. The molecule has 0 aliphatic heterocycles. The van der Waals surface area contributed by atoms with Gasteiger partial charge in [-0.05, 0) is 76.7 Å². The van der Waals surface area contributed by atoms with Gasteiger partial charge in [-0.1, -0.05) is 26.0 Å². The highest BCUT2D eigenvalue weighted by Gasteiger charge is 2.10. The number of carbonyl (C=O) groups is 2. The summed E-state index contributed by atoms with van der Waals surface area (Å²) in [5.41, 5.74) is 7.87. The second-order valence-corrected chi connectivity index (χ2v) is 7.70. The average Bonchev–Trinajstić information content (AvgIpc) is 2.62. The van der Waals surface area contributed by atoms with E-state index in [1.165, 1.54) is 5.56 Å². The van der Waals surface area contributed by atoms with Crippen LogP contribution < -0.4 is 20.3 Å². The number of hydrogen-bond acceptors (Lipinski definition) is 4. The largest absolute Gasteiger partial charge is 0.484 e. The van der Waals surface area contributed by atoms with Crippen LogP contribution in [-0.2, 0) is 9.59 Å². The summed E-state index contributed by atoms with van der Waals surface area (Å²) in [6.45, 7) is 7.68. The second-order valence-electron chi connectivity index (χ2n) is 6.84. The molecule has 0 radical (unpaired) electrons. The molecule has 7 heteroatoms. The van der Waals surface area contributed by atoms with Gasteiger partial charge in [-0.2, -0.15) is 0 Å². The number of carbonyl (C=O) groups excluding carboxylic acids is 2. The van der Waals surface area contributed by atoms with Gasteiger partial charge in [0, 0.05) is 0 Å². The molecule has 150 valence electrons. The van der Waals surface area contributed by atoms with Crippen molar-refractivity contribution in [2.45, 2.75) is 33.6 Å². The van der Waals surface area contributed by atoms with Crippen LogP contribution in [0.15, 0.2) is 40.9 Å². The summed E-state index contributed by atoms with van der Waals surface area (Å²) in [6.07, 6.45) is 0. The summed E-state index contributed by atoms with van der Waals surface area (Å²) < 4.78 is 11.7. The monoisotopic (exact) mass is 448 g/mol. The molecule has 2 aromatic carbocycles. The summed E-state index contributed by atoms with van der Waals surface area (Å²) in [5.74, 6) is 0.630. The Labute approximate surface area is 173 Å². The van der Waals surface area contributed by atoms with E-state index in [1.54, 1.807) is 0 Å². The molecule has 2 amide bonds. The van der Waals surface area contributed by atoms with Gasteiger partial charge in [-0.15, -0.1) is 0 Å². The van der Waals surface area contributed by atoms with Crippen LogP contribution in [0.5, 0.6) is 11.5 Å². The molecule has 2 N–H and O–H groups in total. The first-order valence-electron chi connectivity index (χ1n) is 8.95. The Morgan fingerprint density at radius 3 is 2.04 bits per heavy atom. The molecule has 0 aliphatic rings. The van der Waals surface area contributed by atoms with Crippen LogP contribution in [0.3, 0.4) is 0 Å². The van der Waals surface area contributed by atoms with E-state index in [4.69, 9.17) is 9.47 Å². The van der Waals surface area contributed by atoms with Crippen LogP contribution in [0.4, 0.5) is 0 Å². The van der Waals surface area contributed by atoms with Gasteiger partial charge in [0.15, 0.2) is 13.2 Å². The molecule has 0 bridgehead atoms. The van der Waals surface area contributed by atoms with Gasteiger partial charge in [-0.3, -0.25) is 20.4 Å². The predicted molar refractivity (Wildman–Crippen MR) is 111 cm³/mol. The van der Waals surface area contributed by atoms with Gasteiger partial charge in [0.25, 0.3) is 11.8 Å². The van der Waals surface area contributed by atoms with Crippen molar-refractivity contribution in [3.05, 3.63) is 57.6 Å². The maximum absolute atomic E-state index is 11.9. The van der Waals surface area contributed by atoms with E-state index in [0.717, 1.165) is 15.6 Å². The van der Waals surface area contributed by atoms with Crippen molar-refractivity contribution in [3.63, 3.8) is 0 Å². The third-order valence-electron chi connectivity index (χ3n) is 3.89. The lowest BCUT2D eigenvalue weighted by molar-refractivity contribution is -0.131. The number of ether oxygens (including phenoxy) is 2. The van der Waals surface area contributed by atoms with E-state index in [2.05, 4.69) is 40.6 Å². The Morgan fingerprint density at radius 2 is 1.50 bits per heavy atom. The predicted octanol–water partition coefficient (Wildman–Crippen LogP) is 3.79. The molecule has 0 unspecified atom stereocenters. The Balaban J connectivity index is 1.74. The van der Waals surface area contributed by atoms with Gasteiger partial charge in [0.2, 0.25) is 0 Å². The second kappa shape index (κ2) is 10.1. The summed E-state index contributed by atoms with van der Waals surface area (Å²) in [6, 6.07) is 11.4. The van der Waals surface area contributed by atoms with Gasteiger partial charge < -0.3 is 9.47 Å². The van der Waals surface area contributed by atoms with E-state index < -0.39 is 11.8 Å². The molecular formula is C21H25BrN2O4. The van der Waals surface area contributed by atoms with Crippen molar-refractivity contribution in [3.8, 4) is 11.5 Å². The topological polar surface area (TPSA) is 76.7 Å². The fourth-order valence-corrected chi connectivity index (χ4v) is 3.02.